The highest BCUT2D eigenvalue weighted by Crippen LogP contribution is 2.26. The average molecular weight is 275 g/mol. The fraction of sp³-hybridized carbons (Fsp3) is 0.500. The maximum absolute atomic E-state index is 12.4. The van der Waals surface area contributed by atoms with Crippen molar-refractivity contribution < 1.29 is 14.7 Å². The van der Waals surface area contributed by atoms with Gasteiger partial charge in [-0.05, 0) is 51.2 Å². The van der Waals surface area contributed by atoms with E-state index in [1.165, 1.54) is 0 Å². The number of amides is 1. The zero-order valence-electron chi connectivity index (χ0n) is 12.2. The highest BCUT2D eigenvalue weighted by molar-refractivity contribution is 5.97. The molecule has 20 heavy (non-hydrogen) atoms. The van der Waals surface area contributed by atoms with Crippen molar-refractivity contribution in [2.75, 3.05) is 0 Å². The molecule has 0 aromatic heterocycles. The van der Waals surface area contributed by atoms with E-state index in [1.807, 2.05) is 32.9 Å². The van der Waals surface area contributed by atoms with Crippen LogP contribution < -0.4 is 5.32 Å². The van der Waals surface area contributed by atoms with Crippen LogP contribution in [-0.2, 0) is 4.79 Å². The summed E-state index contributed by atoms with van der Waals surface area (Å²) in [6, 6.07) is 3.97. The highest BCUT2D eigenvalue weighted by atomic mass is 16.4. The summed E-state index contributed by atoms with van der Waals surface area (Å²) in [5.41, 5.74) is 3.79. The van der Waals surface area contributed by atoms with E-state index >= 15 is 0 Å². The normalized spacial score (nSPS) is 21.8. The number of aryl methyl sites for hydroxylation is 3. The molecule has 4 nitrogen and oxygen atoms in total. The quantitative estimate of drug-likeness (QED) is 0.891. The Balaban J connectivity index is 2.08. The Morgan fingerprint density at radius 3 is 2.25 bits per heavy atom. The van der Waals surface area contributed by atoms with Crippen LogP contribution >= 0.6 is 0 Å². The number of aliphatic carboxylic acids is 1. The number of carboxylic acid groups (broad SMARTS) is 1. The van der Waals surface area contributed by atoms with Gasteiger partial charge in [0, 0.05) is 11.6 Å². The Morgan fingerprint density at radius 2 is 1.75 bits per heavy atom. The lowest BCUT2D eigenvalue weighted by molar-refractivity contribution is -0.141. The lowest BCUT2D eigenvalue weighted by Crippen LogP contribution is -2.34. The lowest BCUT2D eigenvalue weighted by atomic mass is 9.99. The van der Waals surface area contributed by atoms with Gasteiger partial charge in [0.2, 0.25) is 0 Å². The Morgan fingerprint density at radius 1 is 1.15 bits per heavy atom. The summed E-state index contributed by atoms with van der Waals surface area (Å²) in [6.07, 6.45) is 1.92. The molecule has 1 saturated carbocycles. The number of rotatable bonds is 3. The van der Waals surface area contributed by atoms with Gasteiger partial charge in [0.05, 0.1) is 5.92 Å². The van der Waals surface area contributed by atoms with Gasteiger partial charge >= 0.3 is 5.97 Å². The third kappa shape index (κ3) is 3.00. The minimum atomic E-state index is -0.760. The fourth-order valence-electron chi connectivity index (χ4n) is 3.13. The zero-order chi connectivity index (χ0) is 14.9. The predicted molar refractivity (Wildman–Crippen MR) is 76.9 cm³/mol. The van der Waals surface area contributed by atoms with Crippen LogP contribution in [0.1, 0.15) is 46.3 Å². The third-order valence-electron chi connectivity index (χ3n) is 4.02. The second kappa shape index (κ2) is 5.65. The van der Waals surface area contributed by atoms with Gasteiger partial charge in [0.25, 0.3) is 5.91 Å². The molecule has 0 spiro atoms. The Kier molecular flexibility index (Phi) is 4.12. The van der Waals surface area contributed by atoms with Gasteiger partial charge < -0.3 is 10.4 Å². The highest BCUT2D eigenvalue weighted by Gasteiger charge is 2.31. The van der Waals surface area contributed by atoms with E-state index in [-0.39, 0.29) is 17.9 Å². The molecule has 0 unspecified atom stereocenters. The molecular weight excluding hydrogens is 254 g/mol. The van der Waals surface area contributed by atoms with Crippen molar-refractivity contribution in [3.8, 4) is 0 Å². The topological polar surface area (TPSA) is 66.4 Å². The number of carboxylic acids is 1. The molecule has 2 N–H and O–H groups in total. The molecule has 1 aromatic rings. The van der Waals surface area contributed by atoms with Crippen LogP contribution in [0.15, 0.2) is 12.1 Å². The summed E-state index contributed by atoms with van der Waals surface area (Å²) in [5.74, 6) is -1.17. The molecule has 1 aliphatic carbocycles. The molecule has 1 aromatic carbocycles. The molecule has 0 saturated heterocycles. The minimum Gasteiger partial charge on any atom is -0.481 e. The molecule has 0 aliphatic heterocycles. The number of hydrogen-bond donors (Lipinski definition) is 2. The van der Waals surface area contributed by atoms with Gasteiger partial charge in [-0.15, -0.1) is 0 Å². The van der Waals surface area contributed by atoms with Crippen LogP contribution in [0.2, 0.25) is 0 Å². The van der Waals surface area contributed by atoms with Crippen molar-refractivity contribution in [1.29, 1.82) is 0 Å². The maximum Gasteiger partial charge on any atom is 0.306 e. The van der Waals surface area contributed by atoms with Crippen molar-refractivity contribution >= 4 is 11.9 Å². The molecule has 0 heterocycles. The summed E-state index contributed by atoms with van der Waals surface area (Å²) < 4.78 is 0. The summed E-state index contributed by atoms with van der Waals surface area (Å²) in [7, 11) is 0. The van der Waals surface area contributed by atoms with E-state index in [4.69, 9.17) is 5.11 Å². The van der Waals surface area contributed by atoms with Crippen molar-refractivity contribution in [2.45, 2.75) is 46.1 Å². The predicted octanol–water partition coefficient (Wildman–Crippen LogP) is 2.59. The van der Waals surface area contributed by atoms with E-state index in [9.17, 15) is 9.59 Å². The van der Waals surface area contributed by atoms with E-state index in [1.54, 1.807) is 0 Å². The number of carbonyl (C=O) groups excluding carboxylic acids is 1. The molecule has 1 fully saturated rings. The van der Waals surface area contributed by atoms with Gasteiger partial charge in [0.15, 0.2) is 0 Å². The van der Waals surface area contributed by atoms with Gasteiger partial charge in [-0.25, -0.2) is 0 Å². The van der Waals surface area contributed by atoms with E-state index < -0.39 is 5.97 Å². The number of hydrogen-bond acceptors (Lipinski definition) is 2. The van der Waals surface area contributed by atoms with Gasteiger partial charge in [0.1, 0.15) is 0 Å². The van der Waals surface area contributed by atoms with E-state index in [0.717, 1.165) is 28.7 Å². The second-order valence-corrected chi connectivity index (χ2v) is 5.79. The number of nitrogens with one attached hydrogen (secondary N) is 1. The van der Waals surface area contributed by atoms with Crippen LogP contribution in [0, 0.1) is 26.7 Å². The van der Waals surface area contributed by atoms with Gasteiger partial charge in [-0.2, -0.15) is 0 Å². The molecule has 2 atom stereocenters. The molecule has 2 rings (SSSR count). The Labute approximate surface area is 119 Å². The van der Waals surface area contributed by atoms with Crippen molar-refractivity contribution in [1.82, 2.24) is 5.32 Å². The smallest absolute Gasteiger partial charge is 0.306 e. The van der Waals surface area contributed by atoms with Crippen LogP contribution in [-0.4, -0.2) is 23.0 Å². The van der Waals surface area contributed by atoms with Crippen LogP contribution in [0.5, 0.6) is 0 Å². The van der Waals surface area contributed by atoms with Crippen molar-refractivity contribution in [3.63, 3.8) is 0 Å². The summed E-state index contributed by atoms with van der Waals surface area (Å²) in [4.78, 5) is 23.3. The molecule has 0 bridgehead atoms. The first-order valence-corrected chi connectivity index (χ1v) is 7.00. The maximum atomic E-state index is 12.4. The van der Waals surface area contributed by atoms with Crippen LogP contribution in [0.4, 0.5) is 0 Å². The largest absolute Gasteiger partial charge is 0.481 e. The monoisotopic (exact) mass is 275 g/mol. The SMILES string of the molecule is Cc1cc(C)c(C(=O)N[C@@H]2CC[C@H](C(=O)O)C2)c(C)c1. The molecule has 0 radical (unpaired) electrons. The first-order valence-electron chi connectivity index (χ1n) is 7.00. The first-order chi connectivity index (χ1) is 9.38. The summed E-state index contributed by atoms with van der Waals surface area (Å²) in [6.45, 7) is 5.88. The fourth-order valence-corrected chi connectivity index (χ4v) is 3.13. The second-order valence-electron chi connectivity index (χ2n) is 5.79. The standard InChI is InChI=1S/C16H21NO3/c1-9-6-10(2)14(11(3)7-9)15(18)17-13-5-4-12(8-13)16(19)20/h6-7,12-13H,4-5,8H2,1-3H3,(H,17,18)(H,19,20)/t12-,13+/m0/s1. The first kappa shape index (κ1) is 14.6. The Bertz CT molecular complexity index is 528. The van der Waals surface area contributed by atoms with Crippen LogP contribution in [0.3, 0.4) is 0 Å². The average Bonchev–Trinajstić information content (AvgIpc) is 2.75. The Hall–Kier alpha value is -1.84. The van der Waals surface area contributed by atoms with Gasteiger partial charge in [-0.3, -0.25) is 9.59 Å². The molecule has 108 valence electrons. The van der Waals surface area contributed by atoms with Crippen molar-refractivity contribution in [3.05, 3.63) is 34.4 Å². The molecule has 1 aliphatic rings. The zero-order valence-corrected chi connectivity index (χ0v) is 12.2. The van der Waals surface area contributed by atoms with Gasteiger partial charge in [-0.1, -0.05) is 17.7 Å². The van der Waals surface area contributed by atoms with Crippen molar-refractivity contribution in [2.24, 2.45) is 5.92 Å². The summed E-state index contributed by atoms with van der Waals surface area (Å²) >= 11 is 0. The number of carbonyl (C=O) groups is 2. The molecular formula is C16H21NO3. The molecule has 4 heteroatoms. The molecule has 1 amide bonds. The number of benzene rings is 1. The summed E-state index contributed by atoms with van der Waals surface area (Å²) in [5, 5.41) is 12.0. The van der Waals surface area contributed by atoms with Crippen LogP contribution in [0.25, 0.3) is 0 Å². The van der Waals surface area contributed by atoms with E-state index in [2.05, 4.69) is 5.32 Å². The lowest BCUT2D eigenvalue weighted by Gasteiger charge is -2.16. The van der Waals surface area contributed by atoms with E-state index in [0.29, 0.717) is 12.8 Å². The minimum absolute atomic E-state index is 0.0243. The third-order valence-corrected chi connectivity index (χ3v) is 4.02.